The molecule has 1 heterocycles. The molecule has 2 unspecified atom stereocenters. The maximum absolute atomic E-state index is 13.0. The Labute approximate surface area is 199 Å². The van der Waals surface area contributed by atoms with Crippen molar-refractivity contribution in [2.75, 3.05) is 40.4 Å². The van der Waals surface area contributed by atoms with Crippen molar-refractivity contribution in [2.45, 2.75) is 54.0 Å². The van der Waals surface area contributed by atoms with Crippen LogP contribution in [0.5, 0.6) is 5.75 Å². The van der Waals surface area contributed by atoms with Crippen molar-refractivity contribution in [1.82, 2.24) is 9.80 Å². The molecule has 2 aromatic rings. The average Bonchev–Trinajstić information content (AvgIpc) is 2.89. The quantitative estimate of drug-likeness (QED) is 0.570. The number of carbonyl (C=O) groups is 1. The van der Waals surface area contributed by atoms with Crippen molar-refractivity contribution >= 4 is 16.8 Å². The monoisotopic (exact) mass is 470 g/mol. The van der Waals surface area contributed by atoms with E-state index in [2.05, 4.69) is 9.80 Å². The third kappa shape index (κ3) is 5.65. The van der Waals surface area contributed by atoms with Crippen molar-refractivity contribution < 1.29 is 18.5 Å². The van der Waals surface area contributed by atoms with E-state index in [-0.39, 0.29) is 5.97 Å². The molecule has 0 bridgehead atoms. The molecule has 0 radical (unpaired) electrons. The van der Waals surface area contributed by atoms with E-state index in [0.29, 0.717) is 15.8 Å². The van der Waals surface area contributed by atoms with E-state index < -0.39 is 16.8 Å². The summed E-state index contributed by atoms with van der Waals surface area (Å²) in [5, 5.41) is 0. The highest BCUT2D eigenvalue weighted by Gasteiger charge is 2.33. The lowest BCUT2D eigenvalue weighted by atomic mass is 9.93. The predicted molar refractivity (Wildman–Crippen MR) is 129 cm³/mol. The first-order valence-electron chi connectivity index (χ1n) is 11.8. The number of nitrogens with zero attached hydrogens (tertiary/aromatic N) is 2. The topological polar surface area (TPSA) is 59.1 Å². The van der Waals surface area contributed by atoms with Crippen molar-refractivity contribution in [3.8, 4) is 5.75 Å². The van der Waals surface area contributed by atoms with Gasteiger partial charge in [-0.05, 0) is 54.8 Å². The van der Waals surface area contributed by atoms with Crippen LogP contribution in [0.25, 0.3) is 0 Å². The van der Waals surface area contributed by atoms with Gasteiger partial charge in [-0.1, -0.05) is 31.4 Å². The molecule has 7 heteroatoms. The van der Waals surface area contributed by atoms with Gasteiger partial charge in [0, 0.05) is 42.0 Å². The van der Waals surface area contributed by atoms with Gasteiger partial charge in [-0.2, -0.15) is 0 Å². The first kappa shape index (κ1) is 23.9. The maximum atomic E-state index is 13.0. The summed E-state index contributed by atoms with van der Waals surface area (Å²) in [5.41, 5.74) is 0.878. The summed E-state index contributed by atoms with van der Waals surface area (Å²) in [6.45, 7) is 3.65. The molecule has 2 aliphatic rings. The number of hydrogen-bond acceptors (Lipinski definition) is 6. The first-order chi connectivity index (χ1) is 16.1. The van der Waals surface area contributed by atoms with Gasteiger partial charge >= 0.3 is 5.97 Å². The van der Waals surface area contributed by atoms with Crippen LogP contribution in [-0.4, -0.2) is 66.4 Å². The zero-order valence-corrected chi connectivity index (χ0v) is 20.4. The van der Waals surface area contributed by atoms with Gasteiger partial charge in [-0.25, -0.2) is 9.00 Å². The van der Waals surface area contributed by atoms with Crippen LogP contribution in [0.3, 0.4) is 0 Å². The van der Waals surface area contributed by atoms with Gasteiger partial charge in [-0.15, -0.1) is 0 Å². The van der Waals surface area contributed by atoms with Crippen LogP contribution in [0.15, 0.2) is 58.3 Å². The number of benzene rings is 2. The number of ether oxygens (including phenoxy) is 2. The standard InChI is InChI=1S/C26H34N2O4S/c1-31-22-10-14-24(15-11-22)33(30)23-12-8-20(9-13-23)25(26(29)32-2)28-18-16-27(17-19-28)21-6-4-3-5-7-21/h8-15,21,25H,3-7,16-19H2,1-2H3. The van der Waals surface area contributed by atoms with Crippen molar-refractivity contribution in [3.63, 3.8) is 0 Å². The van der Waals surface area contributed by atoms with E-state index in [9.17, 15) is 9.00 Å². The van der Waals surface area contributed by atoms with Crippen molar-refractivity contribution in [1.29, 1.82) is 0 Å². The number of esters is 1. The minimum Gasteiger partial charge on any atom is -0.497 e. The maximum Gasteiger partial charge on any atom is 0.327 e. The Bertz CT molecular complexity index is 934. The highest BCUT2D eigenvalue weighted by atomic mass is 32.2. The van der Waals surface area contributed by atoms with E-state index >= 15 is 0 Å². The van der Waals surface area contributed by atoms with Gasteiger partial charge in [0.25, 0.3) is 0 Å². The molecule has 6 nitrogen and oxygen atoms in total. The number of rotatable bonds is 7. The van der Waals surface area contributed by atoms with E-state index in [4.69, 9.17) is 9.47 Å². The third-order valence-electron chi connectivity index (χ3n) is 6.91. The van der Waals surface area contributed by atoms with Crippen LogP contribution in [0.1, 0.15) is 43.7 Å². The largest absolute Gasteiger partial charge is 0.497 e. The molecule has 4 rings (SSSR count). The van der Waals surface area contributed by atoms with E-state index in [0.717, 1.165) is 37.5 Å². The molecule has 0 amide bonds. The number of carbonyl (C=O) groups excluding carboxylic acids is 1. The summed E-state index contributed by atoms with van der Waals surface area (Å²) in [5.74, 6) is 0.487. The summed E-state index contributed by atoms with van der Waals surface area (Å²) in [4.78, 5) is 19.0. The molecule has 0 spiro atoms. The van der Waals surface area contributed by atoms with Gasteiger partial charge in [-0.3, -0.25) is 9.80 Å². The summed E-state index contributed by atoms with van der Waals surface area (Å²) in [6.07, 6.45) is 6.63. The predicted octanol–water partition coefficient (Wildman–Crippen LogP) is 4.03. The fraction of sp³-hybridized carbons (Fsp3) is 0.500. The fourth-order valence-electron chi connectivity index (χ4n) is 5.02. The zero-order valence-electron chi connectivity index (χ0n) is 19.6. The van der Waals surface area contributed by atoms with Gasteiger partial charge < -0.3 is 9.47 Å². The number of piperazine rings is 1. The molecular weight excluding hydrogens is 436 g/mol. The Morgan fingerprint density at radius 3 is 2.00 bits per heavy atom. The van der Waals surface area contributed by atoms with Gasteiger partial charge in [0.2, 0.25) is 0 Å². The first-order valence-corrected chi connectivity index (χ1v) is 13.0. The Hall–Kier alpha value is -2.22. The van der Waals surface area contributed by atoms with Crippen LogP contribution in [-0.2, 0) is 20.3 Å². The summed E-state index contributed by atoms with van der Waals surface area (Å²) in [7, 11) is 1.76. The van der Waals surface area contributed by atoms with Crippen LogP contribution in [0, 0.1) is 0 Å². The van der Waals surface area contributed by atoms with E-state index in [1.54, 1.807) is 7.11 Å². The third-order valence-corrected chi connectivity index (χ3v) is 8.31. The lowest BCUT2D eigenvalue weighted by molar-refractivity contribution is -0.148. The minimum absolute atomic E-state index is 0.245. The van der Waals surface area contributed by atoms with Gasteiger partial charge in [0.1, 0.15) is 11.8 Å². The fourth-order valence-corrected chi connectivity index (χ4v) is 6.06. The summed E-state index contributed by atoms with van der Waals surface area (Å²) < 4.78 is 23.3. The summed E-state index contributed by atoms with van der Waals surface area (Å²) >= 11 is 0. The number of hydrogen-bond donors (Lipinski definition) is 0. The van der Waals surface area contributed by atoms with Gasteiger partial charge in [0.05, 0.1) is 25.0 Å². The van der Waals surface area contributed by atoms with E-state index in [1.165, 1.54) is 39.2 Å². The number of methoxy groups -OCH3 is 2. The second-order valence-electron chi connectivity index (χ2n) is 8.80. The Morgan fingerprint density at radius 2 is 1.45 bits per heavy atom. The van der Waals surface area contributed by atoms with E-state index in [1.807, 2.05) is 48.5 Å². The molecule has 2 aromatic carbocycles. The van der Waals surface area contributed by atoms with Crippen molar-refractivity contribution in [3.05, 3.63) is 54.1 Å². The smallest absolute Gasteiger partial charge is 0.327 e. The summed E-state index contributed by atoms with van der Waals surface area (Å²) in [6, 6.07) is 15.0. The van der Waals surface area contributed by atoms with Crippen LogP contribution < -0.4 is 4.74 Å². The Morgan fingerprint density at radius 1 is 0.879 bits per heavy atom. The minimum atomic E-state index is -1.30. The highest BCUT2D eigenvalue weighted by Crippen LogP contribution is 2.29. The molecule has 1 saturated heterocycles. The Balaban J connectivity index is 1.45. The molecule has 1 aliphatic heterocycles. The molecular formula is C26H34N2O4S. The zero-order chi connectivity index (χ0) is 23.2. The van der Waals surface area contributed by atoms with Crippen LogP contribution in [0.2, 0.25) is 0 Å². The SMILES string of the molecule is COC(=O)C(c1ccc(S(=O)c2ccc(OC)cc2)cc1)N1CCN(C2CCCCC2)CC1. The highest BCUT2D eigenvalue weighted by molar-refractivity contribution is 7.85. The molecule has 178 valence electrons. The molecule has 2 fully saturated rings. The molecule has 0 aromatic heterocycles. The Kier molecular flexibility index (Phi) is 8.17. The molecule has 1 aliphatic carbocycles. The molecule has 1 saturated carbocycles. The second-order valence-corrected chi connectivity index (χ2v) is 10.3. The lowest BCUT2D eigenvalue weighted by Gasteiger charge is -2.42. The molecule has 2 atom stereocenters. The van der Waals surface area contributed by atoms with Gasteiger partial charge in [0.15, 0.2) is 0 Å². The lowest BCUT2D eigenvalue weighted by Crippen LogP contribution is -2.52. The van der Waals surface area contributed by atoms with Crippen molar-refractivity contribution in [2.24, 2.45) is 0 Å². The molecule has 0 N–H and O–H groups in total. The normalized spacial score (nSPS) is 20.2. The van der Waals surface area contributed by atoms with Crippen LogP contribution in [0.4, 0.5) is 0 Å². The van der Waals surface area contributed by atoms with Crippen LogP contribution >= 0.6 is 0 Å². The average molecular weight is 471 g/mol. The molecule has 33 heavy (non-hydrogen) atoms. The second kappa shape index (κ2) is 11.3.